The third kappa shape index (κ3) is 2.13. The number of nitrogens with one attached hydrogen (secondary N) is 1. The highest BCUT2D eigenvalue weighted by Crippen LogP contribution is 2.46. The molecule has 1 fully saturated rings. The van der Waals surface area contributed by atoms with Crippen LogP contribution in [0.3, 0.4) is 0 Å². The molecule has 2 atom stereocenters. The fourth-order valence-corrected chi connectivity index (χ4v) is 1.91. The zero-order chi connectivity index (χ0) is 9.97. The number of aromatic nitrogens is 1. The van der Waals surface area contributed by atoms with Crippen molar-refractivity contribution in [3.05, 3.63) is 29.6 Å². The standard InChI is InChI=1S/C12H18N2/c1-3-13-7-11-6-12(11)10-5-4-9(2)14-8-10/h4-5,8,11-13H,3,6-7H2,1-2H3. The number of aryl methyl sites for hydroxylation is 1. The Hall–Kier alpha value is -0.890. The van der Waals surface area contributed by atoms with Crippen molar-refractivity contribution in [3.63, 3.8) is 0 Å². The summed E-state index contributed by atoms with van der Waals surface area (Å²) in [5, 5.41) is 3.40. The van der Waals surface area contributed by atoms with Gasteiger partial charge in [-0.3, -0.25) is 4.98 Å². The van der Waals surface area contributed by atoms with Crippen molar-refractivity contribution < 1.29 is 0 Å². The van der Waals surface area contributed by atoms with Crippen LogP contribution in [-0.4, -0.2) is 18.1 Å². The first kappa shape index (κ1) is 9.66. The smallest absolute Gasteiger partial charge is 0.0372 e. The van der Waals surface area contributed by atoms with Gasteiger partial charge in [0.05, 0.1) is 0 Å². The Morgan fingerprint density at radius 2 is 2.36 bits per heavy atom. The molecule has 2 nitrogen and oxygen atoms in total. The summed E-state index contributed by atoms with van der Waals surface area (Å²) in [6.07, 6.45) is 3.36. The van der Waals surface area contributed by atoms with E-state index in [0.29, 0.717) is 0 Å². The lowest BCUT2D eigenvalue weighted by molar-refractivity contribution is 0.649. The zero-order valence-electron chi connectivity index (χ0n) is 8.96. The number of hydrogen-bond acceptors (Lipinski definition) is 2. The molecule has 0 aliphatic heterocycles. The Labute approximate surface area is 85.7 Å². The van der Waals surface area contributed by atoms with Crippen molar-refractivity contribution in [1.29, 1.82) is 0 Å². The summed E-state index contributed by atoms with van der Waals surface area (Å²) in [4.78, 5) is 4.33. The highest BCUT2D eigenvalue weighted by Gasteiger charge is 2.37. The summed E-state index contributed by atoms with van der Waals surface area (Å²) >= 11 is 0. The van der Waals surface area contributed by atoms with Crippen molar-refractivity contribution in [2.45, 2.75) is 26.2 Å². The predicted molar refractivity (Wildman–Crippen MR) is 58.4 cm³/mol. The lowest BCUT2D eigenvalue weighted by Gasteiger charge is -2.01. The Bertz CT molecular complexity index is 292. The first-order valence-corrected chi connectivity index (χ1v) is 5.44. The lowest BCUT2D eigenvalue weighted by atomic mass is 10.1. The van der Waals surface area contributed by atoms with E-state index in [4.69, 9.17) is 0 Å². The van der Waals surface area contributed by atoms with Crippen LogP contribution in [0.4, 0.5) is 0 Å². The summed E-state index contributed by atoms with van der Waals surface area (Å²) < 4.78 is 0. The molecule has 14 heavy (non-hydrogen) atoms. The Kier molecular flexibility index (Phi) is 2.82. The Morgan fingerprint density at radius 1 is 1.50 bits per heavy atom. The van der Waals surface area contributed by atoms with E-state index in [0.717, 1.165) is 30.6 Å². The van der Waals surface area contributed by atoms with E-state index >= 15 is 0 Å². The third-order valence-electron chi connectivity index (χ3n) is 2.94. The molecular formula is C12H18N2. The van der Waals surface area contributed by atoms with Crippen LogP contribution >= 0.6 is 0 Å². The maximum Gasteiger partial charge on any atom is 0.0372 e. The molecular weight excluding hydrogens is 172 g/mol. The summed E-state index contributed by atoms with van der Waals surface area (Å²) in [7, 11) is 0. The van der Waals surface area contributed by atoms with Crippen LogP contribution in [0.1, 0.15) is 30.5 Å². The molecule has 1 saturated carbocycles. The second kappa shape index (κ2) is 4.09. The van der Waals surface area contributed by atoms with Gasteiger partial charge in [0.2, 0.25) is 0 Å². The van der Waals surface area contributed by atoms with E-state index in [1.54, 1.807) is 0 Å². The van der Waals surface area contributed by atoms with Crippen molar-refractivity contribution in [1.82, 2.24) is 10.3 Å². The van der Waals surface area contributed by atoms with Crippen LogP contribution in [0.2, 0.25) is 0 Å². The topological polar surface area (TPSA) is 24.9 Å². The van der Waals surface area contributed by atoms with Crippen LogP contribution in [0.15, 0.2) is 18.3 Å². The molecule has 1 N–H and O–H groups in total. The first-order chi connectivity index (χ1) is 6.81. The molecule has 1 aliphatic carbocycles. The van der Waals surface area contributed by atoms with E-state index in [1.165, 1.54) is 12.0 Å². The van der Waals surface area contributed by atoms with E-state index in [9.17, 15) is 0 Å². The van der Waals surface area contributed by atoms with Crippen LogP contribution in [-0.2, 0) is 0 Å². The number of rotatable bonds is 4. The molecule has 0 spiro atoms. The summed E-state index contributed by atoms with van der Waals surface area (Å²) in [6.45, 7) is 6.43. The highest BCUT2D eigenvalue weighted by molar-refractivity contribution is 5.24. The molecule has 76 valence electrons. The van der Waals surface area contributed by atoms with Gasteiger partial charge >= 0.3 is 0 Å². The number of nitrogens with zero attached hydrogens (tertiary/aromatic N) is 1. The van der Waals surface area contributed by atoms with Gasteiger partial charge < -0.3 is 5.32 Å². The van der Waals surface area contributed by atoms with Crippen molar-refractivity contribution >= 4 is 0 Å². The minimum atomic E-state index is 0.766. The van der Waals surface area contributed by atoms with Gasteiger partial charge in [0, 0.05) is 11.9 Å². The molecule has 1 aromatic rings. The highest BCUT2D eigenvalue weighted by atomic mass is 14.9. The SMILES string of the molecule is CCNCC1CC1c1ccc(C)nc1. The van der Waals surface area contributed by atoms with Crippen molar-refractivity contribution in [2.24, 2.45) is 5.92 Å². The van der Waals surface area contributed by atoms with Gasteiger partial charge in [-0.25, -0.2) is 0 Å². The van der Waals surface area contributed by atoms with Gasteiger partial charge in [-0.2, -0.15) is 0 Å². The fraction of sp³-hybridized carbons (Fsp3) is 0.583. The van der Waals surface area contributed by atoms with Crippen LogP contribution in [0.25, 0.3) is 0 Å². The normalized spacial score (nSPS) is 25.0. The first-order valence-electron chi connectivity index (χ1n) is 5.44. The second-order valence-corrected chi connectivity index (χ2v) is 4.14. The summed E-state index contributed by atoms with van der Waals surface area (Å²) in [6, 6.07) is 4.33. The van der Waals surface area contributed by atoms with E-state index < -0.39 is 0 Å². The van der Waals surface area contributed by atoms with Crippen LogP contribution < -0.4 is 5.32 Å². The molecule has 0 amide bonds. The minimum Gasteiger partial charge on any atom is -0.317 e. The van der Waals surface area contributed by atoms with Gasteiger partial charge in [-0.15, -0.1) is 0 Å². The number of pyridine rings is 1. The Balaban J connectivity index is 1.89. The van der Waals surface area contributed by atoms with E-state index in [-0.39, 0.29) is 0 Å². The molecule has 2 unspecified atom stereocenters. The largest absolute Gasteiger partial charge is 0.317 e. The average molecular weight is 190 g/mol. The zero-order valence-corrected chi connectivity index (χ0v) is 8.96. The molecule has 1 aromatic heterocycles. The fourth-order valence-electron chi connectivity index (χ4n) is 1.91. The van der Waals surface area contributed by atoms with Gasteiger partial charge in [0.1, 0.15) is 0 Å². The molecule has 0 radical (unpaired) electrons. The van der Waals surface area contributed by atoms with Crippen molar-refractivity contribution in [3.8, 4) is 0 Å². The molecule has 1 aliphatic rings. The molecule has 2 rings (SSSR count). The van der Waals surface area contributed by atoms with Gasteiger partial charge in [0.25, 0.3) is 0 Å². The molecule has 0 bridgehead atoms. The molecule has 0 aromatic carbocycles. The van der Waals surface area contributed by atoms with Gasteiger partial charge in [-0.05, 0) is 49.9 Å². The van der Waals surface area contributed by atoms with E-state index in [1.807, 2.05) is 13.1 Å². The third-order valence-corrected chi connectivity index (χ3v) is 2.94. The molecule has 2 heteroatoms. The average Bonchev–Trinajstić information content (AvgIpc) is 2.95. The van der Waals surface area contributed by atoms with Gasteiger partial charge in [-0.1, -0.05) is 13.0 Å². The maximum absolute atomic E-state index is 4.33. The monoisotopic (exact) mass is 190 g/mol. The Morgan fingerprint density at radius 3 is 3.00 bits per heavy atom. The van der Waals surface area contributed by atoms with Crippen LogP contribution in [0, 0.1) is 12.8 Å². The number of hydrogen-bond donors (Lipinski definition) is 1. The quantitative estimate of drug-likeness (QED) is 0.786. The van der Waals surface area contributed by atoms with Gasteiger partial charge in [0.15, 0.2) is 0 Å². The molecule has 1 heterocycles. The lowest BCUT2D eigenvalue weighted by Crippen LogP contribution is -2.16. The predicted octanol–water partition coefficient (Wildman–Crippen LogP) is 2.10. The molecule has 0 saturated heterocycles. The summed E-state index contributed by atoms with van der Waals surface area (Å²) in [5.41, 5.74) is 2.52. The van der Waals surface area contributed by atoms with E-state index in [2.05, 4.69) is 29.4 Å². The van der Waals surface area contributed by atoms with Crippen molar-refractivity contribution in [2.75, 3.05) is 13.1 Å². The summed E-state index contributed by atoms with van der Waals surface area (Å²) in [5.74, 6) is 1.61. The maximum atomic E-state index is 4.33. The second-order valence-electron chi connectivity index (χ2n) is 4.14. The minimum absolute atomic E-state index is 0.766. The van der Waals surface area contributed by atoms with Crippen LogP contribution in [0.5, 0.6) is 0 Å².